The fourth-order valence-corrected chi connectivity index (χ4v) is 3.44. The molecule has 1 unspecified atom stereocenters. The van der Waals surface area contributed by atoms with E-state index in [0.29, 0.717) is 25.7 Å². The highest BCUT2D eigenvalue weighted by atomic mass is 16.5. The highest BCUT2D eigenvalue weighted by Gasteiger charge is 2.48. The maximum Gasteiger partial charge on any atom is 0.326 e. The Morgan fingerprint density at radius 1 is 1.39 bits per heavy atom. The van der Waals surface area contributed by atoms with E-state index in [9.17, 15) is 9.90 Å². The van der Waals surface area contributed by atoms with E-state index >= 15 is 0 Å². The molecule has 23 heavy (non-hydrogen) atoms. The summed E-state index contributed by atoms with van der Waals surface area (Å²) in [7, 11) is 0. The number of aliphatic carboxylic acids is 1. The summed E-state index contributed by atoms with van der Waals surface area (Å²) < 4.78 is 7.35. The van der Waals surface area contributed by atoms with Gasteiger partial charge in [-0.15, -0.1) is 0 Å². The molecule has 0 spiro atoms. The molecule has 0 saturated carbocycles. The molecule has 0 radical (unpaired) electrons. The van der Waals surface area contributed by atoms with Crippen LogP contribution in [0, 0.1) is 0 Å². The first-order valence-corrected chi connectivity index (χ1v) is 8.33. The molecule has 1 N–H and O–H groups in total. The number of piperazine rings is 1. The number of rotatable bonds is 5. The van der Waals surface area contributed by atoms with Crippen LogP contribution in [0.15, 0.2) is 12.4 Å². The molecule has 1 aromatic rings. The van der Waals surface area contributed by atoms with Crippen molar-refractivity contribution in [2.24, 2.45) is 0 Å². The van der Waals surface area contributed by atoms with Crippen LogP contribution in [0.2, 0.25) is 0 Å². The normalized spacial score (nSPS) is 26.9. The van der Waals surface area contributed by atoms with E-state index in [2.05, 4.69) is 34.9 Å². The third-order valence-electron chi connectivity index (χ3n) is 4.97. The lowest BCUT2D eigenvalue weighted by Crippen LogP contribution is -2.61. The Morgan fingerprint density at radius 3 is 2.65 bits per heavy atom. The van der Waals surface area contributed by atoms with Gasteiger partial charge in [0.1, 0.15) is 5.54 Å². The molecule has 2 aliphatic heterocycles. The SMILES string of the molecule is CC(C)n1cc(CN2CCN(C3(C(=O)O)CCOC3)CC2)cn1. The van der Waals surface area contributed by atoms with Gasteiger partial charge in [0.2, 0.25) is 0 Å². The second-order valence-electron chi connectivity index (χ2n) is 6.82. The van der Waals surface area contributed by atoms with E-state index < -0.39 is 11.5 Å². The van der Waals surface area contributed by atoms with Gasteiger partial charge in [-0.05, 0) is 13.8 Å². The number of carbonyl (C=O) groups is 1. The van der Waals surface area contributed by atoms with Crippen LogP contribution in [0.25, 0.3) is 0 Å². The molecule has 0 amide bonds. The molecule has 128 valence electrons. The second kappa shape index (κ2) is 6.59. The van der Waals surface area contributed by atoms with Crippen molar-refractivity contribution in [2.75, 3.05) is 39.4 Å². The molecule has 2 fully saturated rings. The summed E-state index contributed by atoms with van der Waals surface area (Å²) in [5, 5.41) is 14.0. The lowest BCUT2D eigenvalue weighted by molar-refractivity contribution is -0.153. The first kappa shape index (κ1) is 16.4. The summed E-state index contributed by atoms with van der Waals surface area (Å²) >= 11 is 0. The molecule has 2 aliphatic rings. The first-order chi connectivity index (χ1) is 11.0. The zero-order chi connectivity index (χ0) is 16.4. The second-order valence-corrected chi connectivity index (χ2v) is 6.82. The van der Waals surface area contributed by atoms with Gasteiger partial charge in [-0.2, -0.15) is 5.10 Å². The molecule has 0 aliphatic carbocycles. The van der Waals surface area contributed by atoms with Crippen LogP contribution < -0.4 is 0 Å². The monoisotopic (exact) mass is 322 g/mol. The summed E-state index contributed by atoms with van der Waals surface area (Å²) in [6.07, 6.45) is 4.61. The predicted octanol–water partition coefficient (Wildman–Crippen LogP) is 0.825. The summed E-state index contributed by atoms with van der Waals surface area (Å²) in [5.74, 6) is -0.748. The molecule has 0 aromatic carbocycles. The van der Waals surface area contributed by atoms with E-state index in [1.165, 1.54) is 5.56 Å². The van der Waals surface area contributed by atoms with Crippen molar-refractivity contribution >= 4 is 5.97 Å². The zero-order valence-electron chi connectivity index (χ0n) is 13.9. The Labute approximate surface area is 136 Å². The van der Waals surface area contributed by atoms with E-state index in [0.717, 1.165) is 32.7 Å². The molecule has 7 nitrogen and oxygen atoms in total. The van der Waals surface area contributed by atoms with Gasteiger partial charge < -0.3 is 9.84 Å². The van der Waals surface area contributed by atoms with Gasteiger partial charge >= 0.3 is 5.97 Å². The Balaban J connectivity index is 1.56. The number of carboxylic acids is 1. The zero-order valence-corrected chi connectivity index (χ0v) is 13.9. The molecule has 2 saturated heterocycles. The van der Waals surface area contributed by atoms with Crippen molar-refractivity contribution in [1.29, 1.82) is 0 Å². The lowest BCUT2D eigenvalue weighted by Gasteiger charge is -2.42. The summed E-state index contributed by atoms with van der Waals surface area (Å²) in [6.45, 7) is 9.25. The topological polar surface area (TPSA) is 70.8 Å². The maximum absolute atomic E-state index is 11.7. The predicted molar refractivity (Wildman–Crippen MR) is 85.3 cm³/mol. The van der Waals surface area contributed by atoms with Crippen LogP contribution in [0.5, 0.6) is 0 Å². The summed E-state index contributed by atoms with van der Waals surface area (Å²) in [6, 6.07) is 0.374. The third kappa shape index (κ3) is 3.27. The van der Waals surface area contributed by atoms with Crippen molar-refractivity contribution in [1.82, 2.24) is 19.6 Å². The van der Waals surface area contributed by atoms with Crippen LogP contribution in [-0.4, -0.2) is 75.6 Å². The largest absolute Gasteiger partial charge is 0.480 e. The average molecular weight is 322 g/mol. The lowest BCUT2D eigenvalue weighted by atomic mass is 9.95. The summed E-state index contributed by atoms with van der Waals surface area (Å²) in [5.41, 5.74) is 0.401. The van der Waals surface area contributed by atoms with E-state index in [4.69, 9.17) is 4.74 Å². The number of ether oxygens (including phenoxy) is 1. The minimum atomic E-state index is -0.811. The van der Waals surface area contributed by atoms with Gasteiger partial charge in [-0.1, -0.05) is 0 Å². The molecule has 0 bridgehead atoms. The fourth-order valence-electron chi connectivity index (χ4n) is 3.44. The quantitative estimate of drug-likeness (QED) is 0.866. The Kier molecular flexibility index (Phi) is 4.70. The Bertz CT molecular complexity index is 543. The molecule has 3 heterocycles. The number of aromatic nitrogens is 2. The number of nitrogens with zero attached hydrogens (tertiary/aromatic N) is 4. The highest BCUT2D eigenvalue weighted by Crippen LogP contribution is 2.28. The highest BCUT2D eigenvalue weighted by molar-refractivity contribution is 5.79. The van der Waals surface area contributed by atoms with Crippen molar-refractivity contribution in [2.45, 2.75) is 38.4 Å². The third-order valence-corrected chi connectivity index (χ3v) is 4.97. The minimum Gasteiger partial charge on any atom is -0.480 e. The fraction of sp³-hybridized carbons (Fsp3) is 0.750. The summed E-state index contributed by atoms with van der Waals surface area (Å²) in [4.78, 5) is 16.2. The number of hydrogen-bond acceptors (Lipinski definition) is 5. The van der Waals surface area contributed by atoms with Crippen LogP contribution in [0.1, 0.15) is 31.9 Å². The maximum atomic E-state index is 11.7. The van der Waals surface area contributed by atoms with Crippen LogP contribution in [0.4, 0.5) is 0 Å². The van der Waals surface area contributed by atoms with Gasteiger partial charge in [0.05, 0.1) is 12.8 Å². The molecule has 7 heteroatoms. The van der Waals surface area contributed by atoms with Crippen molar-refractivity contribution in [3.05, 3.63) is 18.0 Å². The minimum absolute atomic E-state index is 0.309. The number of carboxylic acid groups (broad SMARTS) is 1. The van der Waals surface area contributed by atoms with Gasteiger partial charge in [-0.25, -0.2) is 0 Å². The Morgan fingerprint density at radius 2 is 2.13 bits per heavy atom. The van der Waals surface area contributed by atoms with E-state index in [1.54, 1.807) is 0 Å². The Hall–Kier alpha value is -1.44. The first-order valence-electron chi connectivity index (χ1n) is 8.33. The molecular weight excluding hydrogens is 296 g/mol. The van der Waals surface area contributed by atoms with Crippen molar-refractivity contribution in [3.63, 3.8) is 0 Å². The smallest absolute Gasteiger partial charge is 0.326 e. The van der Waals surface area contributed by atoms with Crippen molar-refractivity contribution < 1.29 is 14.6 Å². The average Bonchev–Trinajstić information content (AvgIpc) is 3.17. The standard InChI is InChI=1S/C16H26N4O3/c1-13(2)20-11-14(9-17-20)10-18-4-6-19(7-5-18)16(15(21)22)3-8-23-12-16/h9,11,13H,3-8,10,12H2,1-2H3,(H,21,22). The van der Waals surface area contributed by atoms with Crippen LogP contribution >= 0.6 is 0 Å². The van der Waals surface area contributed by atoms with Gasteiger partial charge in [0, 0.05) is 63.6 Å². The van der Waals surface area contributed by atoms with Crippen LogP contribution in [0.3, 0.4) is 0 Å². The van der Waals surface area contributed by atoms with E-state index in [-0.39, 0.29) is 0 Å². The van der Waals surface area contributed by atoms with Crippen LogP contribution in [-0.2, 0) is 16.1 Å². The van der Waals surface area contributed by atoms with E-state index in [1.807, 2.05) is 10.9 Å². The van der Waals surface area contributed by atoms with Gasteiger partial charge in [0.15, 0.2) is 0 Å². The molecular formula is C16H26N4O3. The molecule has 1 atom stereocenters. The molecule has 1 aromatic heterocycles. The van der Waals surface area contributed by atoms with Crippen molar-refractivity contribution in [3.8, 4) is 0 Å². The van der Waals surface area contributed by atoms with Gasteiger partial charge in [-0.3, -0.25) is 19.3 Å². The van der Waals surface area contributed by atoms with Gasteiger partial charge in [0.25, 0.3) is 0 Å². The number of hydrogen-bond donors (Lipinski definition) is 1. The molecule has 3 rings (SSSR count).